The van der Waals surface area contributed by atoms with Crippen LogP contribution in [0.1, 0.15) is 51.4 Å². The lowest BCUT2D eigenvalue weighted by molar-refractivity contribution is -0.143. The topological polar surface area (TPSA) is 29.5 Å². The molecular weight excluding hydrogens is 238 g/mol. The van der Waals surface area contributed by atoms with Crippen LogP contribution in [0.3, 0.4) is 0 Å². The van der Waals surface area contributed by atoms with Crippen molar-refractivity contribution in [3.63, 3.8) is 0 Å². The summed E-state index contributed by atoms with van der Waals surface area (Å²) in [5.74, 6) is 1.58. The molecule has 0 aromatic heterocycles. The van der Waals surface area contributed by atoms with E-state index in [4.69, 9.17) is 4.74 Å². The number of hydrogen-bond donors (Lipinski definition) is 0. The second-order valence-corrected chi connectivity index (χ2v) is 7.19. The first-order chi connectivity index (χ1) is 9.30. The van der Waals surface area contributed by atoms with Gasteiger partial charge in [0.25, 0.3) is 0 Å². The molecule has 4 fully saturated rings. The van der Waals surface area contributed by atoms with Crippen molar-refractivity contribution in [3.05, 3.63) is 0 Å². The normalized spacial score (nSPS) is 37.4. The fourth-order valence-electron chi connectivity index (χ4n) is 4.47. The second-order valence-electron chi connectivity index (χ2n) is 7.19. The number of amides is 1. The number of nitrogens with zero attached hydrogens (tertiary/aromatic N) is 1. The van der Waals surface area contributed by atoms with Crippen LogP contribution in [0.25, 0.3) is 0 Å². The lowest BCUT2D eigenvalue weighted by Crippen LogP contribution is -2.50. The third-order valence-corrected chi connectivity index (χ3v) is 5.95. The van der Waals surface area contributed by atoms with Crippen LogP contribution in [0, 0.1) is 17.3 Å². The first kappa shape index (κ1) is 12.2. The summed E-state index contributed by atoms with van der Waals surface area (Å²) < 4.78 is 5.61. The van der Waals surface area contributed by atoms with Crippen LogP contribution in [0.4, 0.5) is 0 Å². The molecule has 3 aliphatic carbocycles. The fourth-order valence-corrected chi connectivity index (χ4v) is 4.47. The first-order valence-corrected chi connectivity index (χ1v) is 8.18. The summed E-state index contributed by atoms with van der Waals surface area (Å²) >= 11 is 0. The molecular formula is C16H25NO2. The van der Waals surface area contributed by atoms with Crippen molar-refractivity contribution < 1.29 is 9.53 Å². The molecule has 1 amide bonds. The van der Waals surface area contributed by atoms with Crippen LogP contribution < -0.4 is 0 Å². The molecule has 0 aromatic rings. The fraction of sp³-hybridized carbons (Fsp3) is 0.938. The Morgan fingerprint density at radius 3 is 2.68 bits per heavy atom. The molecule has 3 saturated carbocycles. The molecule has 0 N–H and O–H groups in total. The van der Waals surface area contributed by atoms with Crippen LogP contribution in [-0.4, -0.2) is 36.6 Å². The molecule has 3 heteroatoms. The SMILES string of the molecule is O=C(C1CC12CCCCC2)N1CCOCC1C1CC1. The van der Waals surface area contributed by atoms with E-state index in [-0.39, 0.29) is 0 Å². The van der Waals surface area contributed by atoms with E-state index in [1.54, 1.807) is 0 Å². The summed E-state index contributed by atoms with van der Waals surface area (Å²) in [4.78, 5) is 15.1. The van der Waals surface area contributed by atoms with E-state index in [0.717, 1.165) is 25.7 Å². The Kier molecular flexibility index (Phi) is 2.87. The molecule has 19 heavy (non-hydrogen) atoms. The molecule has 2 atom stereocenters. The molecule has 0 bridgehead atoms. The Balaban J connectivity index is 1.44. The Bertz CT molecular complexity index is 371. The molecule has 106 valence electrons. The summed E-state index contributed by atoms with van der Waals surface area (Å²) in [6, 6.07) is 0.405. The highest BCUT2D eigenvalue weighted by Gasteiger charge is 2.59. The number of ether oxygens (including phenoxy) is 1. The molecule has 1 aliphatic heterocycles. The van der Waals surface area contributed by atoms with Gasteiger partial charge in [0.2, 0.25) is 5.91 Å². The zero-order chi connectivity index (χ0) is 12.9. The van der Waals surface area contributed by atoms with Crippen LogP contribution >= 0.6 is 0 Å². The third-order valence-electron chi connectivity index (χ3n) is 5.95. The van der Waals surface area contributed by atoms with Crippen LogP contribution in [0.5, 0.6) is 0 Å². The van der Waals surface area contributed by atoms with E-state index in [9.17, 15) is 4.79 Å². The lowest BCUT2D eigenvalue weighted by atomic mass is 9.84. The van der Waals surface area contributed by atoms with Gasteiger partial charge in [0.1, 0.15) is 0 Å². The van der Waals surface area contributed by atoms with Crippen molar-refractivity contribution in [1.82, 2.24) is 4.90 Å². The minimum absolute atomic E-state index is 0.368. The monoisotopic (exact) mass is 263 g/mol. The molecule has 1 heterocycles. The van der Waals surface area contributed by atoms with Gasteiger partial charge in [-0.25, -0.2) is 0 Å². The first-order valence-electron chi connectivity index (χ1n) is 8.18. The minimum Gasteiger partial charge on any atom is -0.377 e. The van der Waals surface area contributed by atoms with E-state index in [1.165, 1.54) is 51.4 Å². The molecule has 2 unspecified atom stereocenters. The van der Waals surface area contributed by atoms with Crippen LogP contribution in [-0.2, 0) is 9.53 Å². The molecule has 0 aromatic carbocycles. The standard InChI is InChI=1S/C16H25NO2/c18-15(13-10-16(13)6-2-1-3-7-16)17-8-9-19-11-14(17)12-4-5-12/h12-14H,1-11H2. The number of carbonyl (C=O) groups excluding carboxylic acids is 1. The molecule has 4 aliphatic rings. The number of carbonyl (C=O) groups is 1. The molecule has 4 rings (SSSR count). The zero-order valence-corrected chi connectivity index (χ0v) is 11.8. The van der Waals surface area contributed by atoms with Gasteiger partial charge in [0.05, 0.1) is 19.3 Å². The maximum absolute atomic E-state index is 12.8. The summed E-state index contributed by atoms with van der Waals surface area (Å²) in [5, 5.41) is 0. The van der Waals surface area contributed by atoms with Crippen molar-refractivity contribution in [2.24, 2.45) is 17.3 Å². The van der Waals surface area contributed by atoms with E-state index in [1.807, 2.05) is 0 Å². The predicted molar refractivity (Wildman–Crippen MR) is 72.7 cm³/mol. The van der Waals surface area contributed by atoms with Crippen LogP contribution in [0.2, 0.25) is 0 Å². The number of hydrogen-bond acceptors (Lipinski definition) is 2. The molecule has 0 radical (unpaired) electrons. The van der Waals surface area contributed by atoms with E-state index < -0.39 is 0 Å². The summed E-state index contributed by atoms with van der Waals surface area (Å²) in [5.41, 5.74) is 0.432. The predicted octanol–water partition coefficient (Wildman–Crippen LogP) is 2.59. The highest BCUT2D eigenvalue weighted by molar-refractivity contribution is 5.83. The van der Waals surface area contributed by atoms with Gasteiger partial charge in [-0.1, -0.05) is 19.3 Å². The van der Waals surface area contributed by atoms with E-state index in [0.29, 0.717) is 23.3 Å². The second kappa shape index (κ2) is 4.47. The van der Waals surface area contributed by atoms with Gasteiger partial charge < -0.3 is 9.64 Å². The Morgan fingerprint density at radius 1 is 1.16 bits per heavy atom. The van der Waals surface area contributed by atoms with Gasteiger partial charge in [-0.3, -0.25) is 4.79 Å². The van der Waals surface area contributed by atoms with Crippen molar-refractivity contribution in [2.45, 2.75) is 57.4 Å². The smallest absolute Gasteiger partial charge is 0.226 e. The summed E-state index contributed by atoms with van der Waals surface area (Å²) in [7, 11) is 0. The highest BCUT2D eigenvalue weighted by atomic mass is 16.5. The van der Waals surface area contributed by atoms with Gasteiger partial charge in [-0.15, -0.1) is 0 Å². The molecule has 3 nitrogen and oxygen atoms in total. The van der Waals surface area contributed by atoms with Crippen molar-refractivity contribution >= 4 is 5.91 Å². The molecule has 1 spiro atoms. The van der Waals surface area contributed by atoms with Crippen LogP contribution in [0.15, 0.2) is 0 Å². The van der Waals surface area contributed by atoms with Crippen molar-refractivity contribution in [3.8, 4) is 0 Å². The van der Waals surface area contributed by atoms with E-state index >= 15 is 0 Å². The van der Waals surface area contributed by atoms with Gasteiger partial charge >= 0.3 is 0 Å². The van der Waals surface area contributed by atoms with Crippen molar-refractivity contribution in [2.75, 3.05) is 19.8 Å². The lowest BCUT2D eigenvalue weighted by Gasteiger charge is -2.37. The number of rotatable bonds is 2. The van der Waals surface area contributed by atoms with Crippen molar-refractivity contribution in [1.29, 1.82) is 0 Å². The minimum atomic E-state index is 0.368. The highest BCUT2D eigenvalue weighted by Crippen LogP contribution is 2.62. The summed E-state index contributed by atoms with van der Waals surface area (Å²) in [6.45, 7) is 2.37. The Labute approximate surface area is 115 Å². The maximum atomic E-state index is 12.8. The third kappa shape index (κ3) is 2.10. The van der Waals surface area contributed by atoms with Gasteiger partial charge in [0.15, 0.2) is 0 Å². The average Bonchev–Trinajstić information content (AvgIpc) is 3.36. The summed E-state index contributed by atoms with van der Waals surface area (Å²) in [6.07, 6.45) is 10.5. The van der Waals surface area contributed by atoms with Gasteiger partial charge in [-0.2, -0.15) is 0 Å². The Hall–Kier alpha value is -0.570. The van der Waals surface area contributed by atoms with Gasteiger partial charge in [0, 0.05) is 12.5 Å². The zero-order valence-electron chi connectivity index (χ0n) is 11.8. The quantitative estimate of drug-likeness (QED) is 0.766. The Morgan fingerprint density at radius 2 is 1.95 bits per heavy atom. The maximum Gasteiger partial charge on any atom is 0.226 e. The largest absolute Gasteiger partial charge is 0.377 e. The van der Waals surface area contributed by atoms with E-state index in [2.05, 4.69) is 4.90 Å². The van der Waals surface area contributed by atoms with Gasteiger partial charge in [-0.05, 0) is 43.4 Å². The average molecular weight is 263 g/mol. The number of morpholine rings is 1. The molecule has 1 saturated heterocycles.